The minimum atomic E-state index is -3.13. The summed E-state index contributed by atoms with van der Waals surface area (Å²) in [5.41, 5.74) is 0.190. The van der Waals surface area contributed by atoms with Gasteiger partial charge in [0.15, 0.2) is 11.5 Å². The zero-order valence-electron chi connectivity index (χ0n) is 13.3. The molecule has 8 nitrogen and oxygen atoms in total. The van der Waals surface area contributed by atoms with Gasteiger partial charge in [0.25, 0.3) is 5.91 Å². The normalized spacial score (nSPS) is 17.0. The Morgan fingerprint density at radius 1 is 1.38 bits per heavy atom. The summed E-state index contributed by atoms with van der Waals surface area (Å²) in [7, 11) is -3.13. The molecule has 0 atom stereocenters. The molecule has 0 spiro atoms. The fourth-order valence-electron chi connectivity index (χ4n) is 2.69. The van der Waals surface area contributed by atoms with Crippen molar-refractivity contribution >= 4 is 15.9 Å². The Kier molecular flexibility index (Phi) is 4.72. The van der Waals surface area contributed by atoms with Crippen LogP contribution < -0.4 is 5.32 Å². The highest BCUT2D eigenvalue weighted by Crippen LogP contribution is 2.21. The number of amides is 1. The van der Waals surface area contributed by atoms with Crippen molar-refractivity contribution in [1.29, 1.82) is 0 Å². The molecule has 1 aliphatic heterocycles. The topological polar surface area (TPSA) is 106 Å². The predicted molar refractivity (Wildman–Crippen MR) is 85.7 cm³/mol. The van der Waals surface area contributed by atoms with Crippen molar-refractivity contribution in [3.05, 3.63) is 30.2 Å². The molecular formula is C15H19N3O5S. The Labute approximate surface area is 139 Å². The zero-order chi connectivity index (χ0) is 17.2. The van der Waals surface area contributed by atoms with Gasteiger partial charge >= 0.3 is 0 Å². The number of hydrogen-bond donors (Lipinski definition) is 1. The lowest BCUT2D eigenvalue weighted by molar-refractivity contribution is 0.0932. The Morgan fingerprint density at radius 3 is 2.75 bits per heavy atom. The van der Waals surface area contributed by atoms with Gasteiger partial charge in [0.1, 0.15) is 0 Å². The van der Waals surface area contributed by atoms with Crippen LogP contribution >= 0.6 is 0 Å². The number of piperidine rings is 1. The summed E-state index contributed by atoms with van der Waals surface area (Å²) in [6.07, 6.45) is 4.18. The second kappa shape index (κ2) is 6.78. The van der Waals surface area contributed by atoms with Crippen LogP contribution in [0.1, 0.15) is 23.3 Å². The number of furan rings is 1. The third-order valence-corrected chi connectivity index (χ3v) is 5.40. The van der Waals surface area contributed by atoms with Crippen molar-refractivity contribution < 1.29 is 22.2 Å². The van der Waals surface area contributed by atoms with Gasteiger partial charge in [-0.25, -0.2) is 12.7 Å². The van der Waals surface area contributed by atoms with E-state index >= 15 is 0 Å². The van der Waals surface area contributed by atoms with E-state index in [1.54, 1.807) is 12.1 Å². The molecule has 1 fully saturated rings. The minimum absolute atomic E-state index is 0.190. The van der Waals surface area contributed by atoms with Crippen LogP contribution in [0.3, 0.4) is 0 Å². The van der Waals surface area contributed by atoms with Gasteiger partial charge in [0.2, 0.25) is 15.8 Å². The number of carbonyl (C=O) groups excluding carboxylic acids is 1. The lowest BCUT2D eigenvalue weighted by Gasteiger charge is -2.30. The Balaban J connectivity index is 1.50. The summed E-state index contributed by atoms with van der Waals surface area (Å²) in [5.74, 6) is 0.840. The summed E-state index contributed by atoms with van der Waals surface area (Å²) in [5, 5.41) is 6.57. The molecule has 130 valence electrons. The zero-order valence-corrected chi connectivity index (χ0v) is 14.1. The Hall–Kier alpha value is -2.13. The number of nitrogens with one attached hydrogen (secondary N) is 1. The van der Waals surface area contributed by atoms with E-state index in [1.165, 1.54) is 22.9 Å². The molecule has 0 saturated carbocycles. The van der Waals surface area contributed by atoms with E-state index < -0.39 is 10.0 Å². The maximum atomic E-state index is 12.1. The molecule has 3 heterocycles. The summed E-state index contributed by atoms with van der Waals surface area (Å²) in [6.45, 7) is 1.47. The summed E-state index contributed by atoms with van der Waals surface area (Å²) in [4.78, 5) is 12.1. The van der Waals surface area contributed by atoms with E-state index in [9.17, 15) is 13.2 Å². The van der Waals surface area contributed by atoms with E-state index in [0.717, 1.165) is 12.8 Å². The van der Waals surface area contributed by atoms with E-state index in [2.05, 4.69) is 10.5 Å². The standard InChI is InChI=1S/C15H19N3O5S/c1-24(20,21)18-6-4-11(5-7-18)10-16-15(19)12-9-14(23-17-12)13-3-2-8-22-13/h2-3,8-9,11H,4-7,10H2,1H3,(H,16,19). The van der Waals surface area contributed by atoms with Gasteiger partial charge in [-0.15, -0.1) is 0 Å². The van der Waals surface area contributed by atoms with Crippen LogP contribution in [0.15, 0.2) is 33.4 Å². The molecule has 2 aromatic heterocycles. The molecule has 1 N–H and O–H groups in total. The van der Waals surface area contributed by atoms with Gasteiger partial charge in [-0.3, -0.25) is 4.79 Å². The second-order valence-electron chi connectivity index (χ2n) is 5.87. The average molecular weight is 353 g/mol. The van der Waals surface area contributed by atoms with Crippen molar-refractivity contribution in [2.24, 2.45) is 5.92 Å². The van der Waals surface area contributed by atoms with Gasteiger partial charge < -0.3 is 14.3 Å². The molecule has 2 aromatic rings. The first-order valence-electron chi connectivity index (χ1n) is 7.67. The predicted octanol–water partition coefficient (Wildman–Crippen LogP) is 1.34. The van der Waals surface area contributed by atoms with Crippen LogP contribution in [-0.2, 0) is 10.0 Å². The van der Waals surface area contributed by atoms with Crippen LogP contribution in [-0.4, -0.2) is 49.7 Å². The number of rotatable bonds is 5. The van der Waals surface area contributed by atoms with Crippen LogP contribution in [0, 0.1) is 5.92 Å². The van der Waals surface area contributed by atoms with Gasteiger partial charge in [0.05, 0.1) is 12.5 Å². The largest absolute Gasteiger partial charge is 0.461 e. The molecule has 1 saturated heterocycles. The van der Waals surface area contributed by atoms with Gasteiger partial charge in [-0.1, -0.05) is 5.16 Å². The molecule has 1 amide bonds. The van der Waals surface area contributed by atoms with Gasteiger partial charge in [-0.2, -0.15) is 0 Å². The van der Waals surface area contributed by atoms with Crippen molar-refractivity contribution in [1.82, 2.24) is 14.8 Å². The number of nitrogens with zero attached hydrogens (tertiary/aromatic N) is 2. The van der Waals surface area contributed by atoms with Crippen LogP contribution in [0.2, 0.25) is 0 Å². The van der Waals surface area contributed by atoms with Crippen LogP contribution in [0.5, 0.6) is 0 Å². The number of aromatic nitrogens is 1. The number of hydrogen-bond acceptors (Lipinski definition) is 6. The first-order chi connectivity index (χ1) is 11.4. The van der Waals surface area contributed by atoms with E-state index in [4.69, 9.17) is 8.94 Å². The smallest absolute Gasteiger partial charge is 0.273 e. The fourth-order valence-corrected chi connectivity index (χ4v) is 3.56. The Morgan fingerprint density at radius 2 is 2.12 bits per heavy atom. The highest BCUT2D eigenvalue weighted by atomic mass is 32.2. The van der Waals surface area contributed by atoms with Crippen molar-refractivity contribution in [3.63, 3.8) is 0 Å². The fraction of sp³-hybridized carbons (Fsp3) is 0.467. The maximum absolute atomic E-state index is 12.1. The molecule has 0 radical (unpaired) electrons. The maximum Gasteiger partial charge on any atom is 0.273 e. The minimum Gasteiger partial charge on any atom is -0.461 e. The first kappa shape index (κ1) is 16.7. The van der Waals surface area contributed by atoms with E-state index in [0.29, 0.717) is 31.2 Å². The highest BCUT2D eigenvalue weighted by Gasteiger charge is 2.25. The van der Waals surface area contributed by atoms with E-state index in [1.807, 2.05) is 0 Å². The molecule has 1 aliphatic rings. The molecule has 0 unspecified atom stereocenters. The summed E-state index contributed by atoms with van der Waals surface area (Å²) >= 11 is 0. The van der Waals surface area contributed by atoms with E-state index in [-0.39, 0.29) is 17.5 Å². The Bertz CT molecular complexity index is 789. The average Bonchev–Trinajstić information content (AvgIpc) is 3.22. The molecular weight excluding hydrogens is 334 g/mol. The van der Waals surface area contributed by atoms with Gasteiger partial charge in [-0.05, 0) is 30.9 Å². The number of carbonyl (C=O) groups is 1. The second-order valence-corrected chi connectivity index (χ2v) is 7.85. The molecule has 0 aromatic carbocycles. The quantitative estimate of drug-likeness (QED) is 0.869. The lowest BCUT2D eigenvalue weighted by atomic mass is 9.98. The highest BCUT2D eigenvalue weighted by molar-refractivity contribution is 7.88. The molecule has 3 rings (SSSR count). The van der Waals surface area contributed by atoms with Crippen molar-refractivity contribution in [2.75, 3.05) is 25.9 Å². The first-order valence-corrected chi connectivity index (χ1v) is 9.52. The third kappa shape index (κ3) is 3.85. The molecule has 24 heavy (non-hydrogen) atoms. The molecule has 0 bridgehead atoms. The van der Waals surface area contributed by atoms with Crippen LogP contribution in [0.4, 0.5) is 0 Å². The monoisotopic (exact) mass is 353 g/mol. The van der Waals surface area contributed by atoms with Crippen molar-refractivity contribution in [2.45, 2.75) is 12.8 Å². The summed E-state index contributed by atoms with van der Waals surface area (Å²) < 4.78 is 34.7. The SMILES string of the molecule is CS(=O)(=O)N1CCC(CNC(=O)c2cc(-c3ccco3)on2)CC1. The third-order valence-electron chi connectivity index (χ3n) is 4.10. The van der Waals surface area contributed by atoms with Crippen LogP contribution in [0.25, 0.3) is 11.5 Å². The molecule has 9 heteroatoms. The lowest BCUT2D eigenvalue weighted by Crippen LogP contribution is -2.41. The van der Waals surface area contributed by atoms with Gasteiger partial charge in [0, 0.05) is 25.7 Å². The number of sulfonamides is 1. The summed E-state index contributed by atoms with van der Waals surface area (Å²) in [6, 6.07) is 4.97. The van der Waals surface area contributed by atoms with Crippen molar-refractivity contribution in [3.8, 4) is 11.5 Å². The molecule has 0 aliphatic carbocycles.